The quantitative estimate of drug-likeness (QED) is 0.758. The SMILES string of the molecule is C1=C(c2ccccc2)N(c2ccccc2)N[C]1c1ccccc1. The van der Waals surface area contributed by atoms with Gasteiger partial charge in [-0.2, -0.15) is 0 Å². The summed E-state index contributed by atoms with van der Waals surface area (Å²) in [5.41, 5.74) is 8.17. The van der Waals surface area contributed by atoms with E-state index in [1.165, 1.54) is 11.1 Å². The summed E-state index contributed by atoms with van der Waals surface area (Å²) < 4.78 is 0. The Bertz CT molecular complexity index is 795. The van der Waals surface area contributed by atoms with Gasteiger partial charge in [-0.05, 0) is 29.3 Å². The van der Waals surface area contributed by atoms with Crippen LogP contribution in [0, 0.1) is 6.04 Å². The van der Waals surface area contributed by atoms with Gasteiger partial charge in [0.25, 0.3) is 0 Å². The summed E-state index contributed by atoms with van der Waals surface area (Å²) in [5, 5.41) is 2.14. The third-order valence-electron chi connectivity index (χ3n) is 3.92. The second-order valence-corrected chi connectivity index (χ2v) is 5.46. The maximum absolute atomic E-state index is 3.53. The maximum Gasteiger partial charge on any atom is 0.111 e. The van der Waals surface area contributed by atoms with Gasteiger partial charge in [-0.15, -0.1) is 0 Å². The first kappa shape index (κ1) is 13.8. The van der Waals surface area contributed by atoms with Crippen molar-refractivity contribution in [3.63, 3.8) is 0 Å². The number of hydrogen-bond acceptors (Lipinski definition) is 2. The lowest BCUT2D eigenvalue weighted by Gasteiger charge is -2.24. The molecule has 1 aliphatic rings. The molecule has 3 aromatic carbocycles. The van der Waals surface area contributed by atoms with Crippen molar-refractivity contribution in [2.75, 3.05) is 5.01 Å². The lowest BCUT2D eigenvalue weighted by molar-refractivity contribution is 0.823. The maximum atomic E-state index is 3.53. The topological polar surface area (TPSA) is 15.3 Å². The Balaban J connectivity index is 1.76. The molecule has 2 nitrogen and oxygen atoms in total. The lowest BCUT2D eigenvalue weighted by Crippen LogP contribution is -2.33. The zero-order valence-corrected chi connectivity index (χ0v) is 12.7. The molecule has 1 radical (unpaired) electrons. The molecule has 0 saturated heterocycles. The van der Waals surface area contributed by atoms with Gasteiger partial charge in [-0.1, -0.05) is 78.9 Å². The zero-order chi connectivity index (χ0) is 15.5. The van der Waals surface area contributed by atoms with E-state index < -0.39 is 0 Å². The van der Waals surface area contributed by atoms with Crippen molar-refractivity contribution < 1.29 is 0 Å². The minimum absolute atomic E-state index is 1.10. The monoisotopic (exact) mass is 297 g/mol. The van der Waals surface area contributed by atoms with E-state index >= 15 is 0 Å². The van der Waals surface area contributed by atoms with E-state index in [0.29, 0.717) is 0 Å². The van der Waals surface area contributed by atoms with Crippen molar-refractivity contribution in [2.45, 2.75) is 0 Å². The predicted molar refractivity (Wildman–Crippen MR) is 95.3 cm³/mol. The van der Waals surface area contributed by atoms with Crippen LogP contribution in [0.4, 0.5) is 5.69 Å². The zero-order valence-electron chi connectivity index (χ0n) is 12.7. The fourth-order valence-electron chi connectivity index (χ4n) is 2.78. The van der Waals surface area contributed by atoms with Crippen molar-refractivity contribution in [3.05, 3.63) is 114 Å². The number of nitrogens with one attached hydrogen (secondary N) is 1. The first-order valence-corrected chi connectivity index (χ1v) is 7.73. The Morgan fingerprint density at radius 1 is 0.565 bits per heavy atom. The molecule has 0 aromatic heterocycles. The van der Waals surface area contributed by atoms with Crippen molar-refractivity contribution in [1.29, 1.82) is 0 Å². The normalized spacial score (nSPS) is 14.8. The van der Waals surface area contributed by atoms with E-state index in [1.54, 1.807) is 0 Å². The average Bonchev–Trinajstić information content (AvgIpc) is 3.09. The molecular formula is C21H17N2. The average molecular weight is 297 g/mol. The number of hydrazine groups is 1. The van der Waals surface area contributed by atoms with Crippen LogP contribution in [0.5, 0.6) is 0 Å². The standard InChI is InChI=1S/C21H17N2/c1-4-10-17(11-5-1)20-16-21(18-12-6-2-7-13-18)23(22-20)19-14-8-3-9-15-19/h1-16,22H. The second-order valence-electron chi connectivity index (χ2n) is 5.46. The molecule has 0 unspecified atom stereocenters. The van der Waals surface area contributed by atoms with Gasteiger partial charge >= 0.3 is 0 Å². The van der Waals surface area contributed by atoms with Crippen LogP contribution in [-0.4, -0.2) is 0 Å². The van der Waals surface area contributed by atoms with Gasteiger partial charge in [0.15, 0.2) is 0 Å². The van der Waals surface area contributed by atoms with Crippen LogP contribution in [0.3, 0.4) is 0 Å². The molecule has 1 aliphatic heterocycles. The van der Waals surface area contributed by atoms with Crippen LogP contribution >= 0.6 is 0 Å². The number of rotatable bonds is 3. The fourth-order valence-corrected chi connectivity index (χ4v) is 2.78. The Hall–Kier alpha value is -2.84. The molecule has 0 aliphatic carbocycles. The predicted octanol–water partition coefficient (Wildman–Crippen LogP) is 4.63. The van der Waals surface area contributed by atoms with Crippen LogP contribution in [0.2, 0.25) is 0 Å². The van der Waals surface area contributed by atoms with E-state index in [0.717, 1.165) is 17.4 Å². The highest BCUT2D eigenvalue weighted by atomic mass is 15.5. The molecule has 1 heterocycles. The van der Waals surface area contributed by atoms with Gasteiger partial charge in [0.05, 0.1) is 11.4 Å². The fraction of sp³-hybridized carbons (Fsp3) is 0. The summed E-state index contributed by atoms with van der Waals surface area (Å²) in [5.74, 6) is 0. The van der Waals surface area contributed by atoms with E-state index in [-0.39, 0.29) is 0 Å². The van der Waals surface area contributed by atoms with Crippen LogP contribution in [0.25, 0.3) is 5.70 Å². The molecule has 111 valence electrons. The number of benzene rings is 3. The number of para-hydroxylation sites is 1. The first-order valence-electron chi connectivity index (χ1n) is 7.73. The van der Waals surface area contributed by atoms with E-state index in [1.807, 2.05) is 18.2 Å². The Morgan fingerprint density at radius 2 is 1.09 bits per heavy atom. The lowest BCUT2D eigenvalue weighted by atomic mass is 10.1. The molecule has 1 N–H and O–H groups in total. The summed E-state index contributed by atoms with van der Waals surface area (Å²) >= 11 is 0. The Kier molecular flexibility index (Phi) is 3.66. The third kappa shape index (κ3) is 2.77. The van der Waals surface area contributed by atoms with Crippen LogP contribution in [0.15, 0.2) is 97.1 Å². The van der Waals surface area contributed by atoms with Gasteiger partial charge < -0.3 is 0 Å². The van der Waals surface area contributed by atoms with Gasteiger partial charge in [-0.25, -0.2) is 5.43 Å². The molecule has 3 aromatic rings. The first-order chi connectivity index (χ1) is 11.4. The molecule has 0 amide bonds. The van der Waals surface area contributed by atoms with Crippen molar-refractivity contribution >= 4 is 11.4 Å². The van der Waals surface area contributed by atoms with Crippen LogP contribution in [-0.2, 0) is 0 Å². The number of anilines is 1. The molecule has 0 saturated carbocycles. The van der Waals surface area contributed by atoms with Crippen molar-refractivity contribution in [3.8, 4) is 0 Å². The molecule has 0 fully saturated rings. The van der Waals surface area contributed by atoms with Crippen LogP contribution < -0.4 is 10.4 Å². The van der Waals surface area contributed by atoms with E-state index in [4.69, 9.17) is 0 Å². The summed E-state index contributed by atoms with van der Waals surface area (Å²) in [4.78, 5) is 0. The smallest absolute Gasteiger partial charge is 0.111 e. The minimum atomic E-state index is 1.10. The highest BCUT2D eigenvalue weighted by molar-refractivity contribution is 5.83. The van der Waals surface area contributed by atoms with Gasteiger partial charge in [0, 0.05) is 0 Å². The Morgan fingerprint density at radius 3 is 1.70 bits per heavy atom. The van der Waals surface area contributed by atoms with E-state index in [9.17, 15) is 0 Å². The van der Waals surface area contributed by atoms with E-state index in [2.05, 4.69) is 89.3 Å². The van der Waals surface area contributed by atoms with Gasteiger partial charge in [-0.3, -0.25) is 5.01 Å². The number of hydrogen-bond donors (Lipinski definition) is 1. The molecule has 0 spiro atoms. The molecule has 0 atom stereocenters. The summed E-state index contributed by atoms with van der Waals surface area (Å²) in [6.45, 7) is 0. The molecular weight excluding hydrogens is 280 g/mol. The second kappa shape index (κ2) is 6.11. The highest BCUT2D eigenvalue weighted by Gasteiger charge is 2.26. The summed E-state index contributed by atoms with van der Waals surface area (Å²) in [7, 11) is 0. The van der Waals surface area contributed by atoms with Crippen molar-refractivity contribution in [2.24, 2.45) is 0 Å². The van der Waals surface area contributed by atoms with Gasteiger partial charge in [0.2, 0.25) is 0 Å². The molecule has 4 rings (SSSR count). The van der Waals surface area contributed by atoms with Gasteiger partial charge in [0.1, 0.15) is 6.04 Å². The highest BCUT2D eigenvalue weighted by Crippen LogP contribution is 2.33. The third-order valence-corrected chi connectivity index (χ3v) is 3.92. The largest absolute Gasteiger partial charge is 0.275 e. The summed E-state index contributed by atoms with van der Waals surface area (Å²) in [6.07, 6.45) is 2.21. The summed E-state index contributed by atoms with van der Waals surface area (Å²) in [6, 6.07) is 32.3. The van der Waals surface area contributed by atoms with Crippen molar-refractivity contribution in [1.82, 2.24) is 5.43 Å². The Labute approximate surface area is 136 Å². The minimum Gasteiger partial charge on any atom is -0.275 e. The molecule has 23 heavy (non-hydrogen) atoms. The molecule has 0 bridgehead atoms. The number of nitrogens with zero attached hydrogens (tertiary/aromatic N) is 1. The van der Waals surface area contributed by atoms with Crippen LogP contribution in [0.1, 0.15) is 11.1 Å². The molecule has 2 heteroatoms.